The summed E-state index contributed by atoms with van der Waals surface area (Å²) in [6.45, 7) is 42.1. The van der Waals surface area contributed by atoms with Gasteiger partial charge in [0.25, 0.3) is 0 Å². The molecule has 0 aliphatic carbocycles. The fraction of sp³-hybridized carbons (Fsp3) is 0.520. The summed E-state index contributed by atoms with van der Waals surface area (Å²) in [5.74, 6) is 0. The number of aliphatic hydroxyl groups is 2. The summed E-state index contributed by atoms with van der Waals surface area (Å²) in [5.41, 5.74) is 0. The van der Waals surface area contributed by atoms with Crippen molar-refractivity contribution in [2.45, 2.75) is 58.8 Å². The molecule has 0 spiro atoms. The van der Waals surface area contributed by atoms with Crippen molar-refractivity contribution in [3.63, 3.8) is 0 Å². The first-order valence-corrected chi connectivity index (χ1v) is 9.62. The fourth-order valence-electron chi connectivity index (χ4n) is 1.23. The molecule has 3 nitrogen and oxygen atoms in total. The maximum atomic E-state index is 7.62. The van der Waals surface area contributed by atoms with Crippen molar-refractivity contribution in [3.8, 4) is 0 Å². The van der Waals surface area contributed by atoms with Crippen molar-refractivity contribution in [1.82, 2.24) is 0 Å². The van der Waals surface area contributed by atoms with E-state index in [-0.39, 0.29) is 13.2 Å². The molecule has 0 aliphatic rings. The third-order valence-electron chi connectivity index (χ3n) is 2.09. The summed E-state index contributed by atoms with van der Waals surface area (Å²) in [6.07, 6.45) is 9.29. The Kier molecular flexibility index (Phi) is 252. The molecule has 0 heterocycles. The summed E-state index contributed by atoms with van der Waals surface area (Å²) in [5, 5.41) is 15.2. The first-order valence-electron chi connectivity index (χ1n) is 9.62. The minimum atomic E-state index is -0.125. The topological polar surface area (TPSA) is 49.7 Å². The molecular formula is C25H54O3. The molecule has 0 aromatic carbocycles. The Morgan fingerprint density at radius 2 is 0.786 bits per heavy atom. The second kappa shape index (κ2) is 141. The molecule has 0 saturated carbocycles. The molecular weight excluding hydrogens is 348 g/mol. The molecule has 0 radical (unpaired) electrons. The SMILES string of the molecule is C=C.C=C.C=C.C=C.C=C.C=C.CCCCCCCCOCCC.OCCO. The Labute approximate surface area is 179 Å². The summed E-state index contributed by atoms with van der Waals surface area (Å²) < 4.78 is 5.39. The van der Waals surface area contributed by atoms with Gasteiger partial charge in [-0.2, -0.15) is 0 Å². The predicted molar refractivity (Wildman–Crippen MR) is 136 cm³/mol. The van der Waals surface area contributed by atoms with E-state index in [1.54, 1.807) is 0 Å². The van der Waals surface area contributed by atoms with E-state index in [1.165, 1.54) is 38.5 Å². The summed E-state index contributed by atoms with van der Waals surface area (Å²) in [6, 6.07) is 0. The molecule has 2 N–H and O–H groups in total. The standard InChI is InChI=1S/C11H24O.C2H6O2.6C2H4/c1-3-5-6-7-8-9-11-12-10-4-2;3-1-2-4;6*1-2/h3-11H2,1-2H3;3-4H,1-2H2;6*1-2H2. The van der Waals surface area contributed by atoms with E-state index in [2.05, 4.69) is 92.8 Å². The molecule has 0 rings (SSSR count). The van der Waals surface area contributed by atoms with Crippen molar-refractivity contribution in [2.24, 2.45) is 0 Å². The minimum absolute atomic E-state index is 0.125. The van der Waals surface area contributed by atoms with Crippen molar-refractivity contribution in [3.05, 3.63) is 78.9 Å². The van der Waals surface area contributed by atoms with Crippen molar-refractivity contribution >= 4 is 0 Å². The Balaban J connectivity index is -0.0000000348. The maximum Gasteiger partial charge on any atom is 0.0662 e. The molecule has 0 aromatic rings. The van der Waals surface area contributed by atoms with Crippen molar-refractivity contribution in [2.75, 3.05) is 26.4 Å². The number of hydrogen-bond acceptors (Lipinski definition) is 3. The molecule has 0 saturated heterocycles. The van der Waals surface area contributed by atoms with Crippen LogP contribution in [-0.4, -0.2) is 36.6 Å². The third-order valence-corrected chi connectivity index (χ3v) is 2.09. The summed E-state index contributed by atoms with van der Waals surface area (Å²) in [4.78, 5) is 0. The van der Waals surface area contributed by atoms with Crippen LogP contribution in [0.1, 0.15) is 58.8 Å². The van der Waals surface area contributed by atoms with Crippen LogP contribution in [0.4, 0.5) is 0 Å². The van der Waals surface area contributed by atoms with Crippen LogP contribution in [0.2, 0.25) is 0 Å². The number of unbranched alkanes of at least 4 members (excludes halogenated alkanes) is 5. The maximum absolute atomic E-state index is 7.62. The van der Waals surface area contributed by atoms with Crippen LogP contribution < -0.4 is 0 Å². The van der Waals surface area contributed by atoms with E-state index >= 15 is 0 Å². The number of ether oxygens (including phenoxy) is 1. The van der Waals surface area contributed by atoms with Crippen LogP contribution in [-0.2, 0) is 4.74 Å². The van der Waals surface area contributed by atoms with Crippen LogP contribution in [0.25, 0.3) is 0 Å². The fourth-order valence-corrected chi connectivity index (χ4v) is 1.23. The molecule has 28 heavy (non-hydrogen) atoms. The average Bonchev–Trinajstić information content (AvgIpc) is 2.83. The highest BCUT2D eigenvalue weighted by Crippen LogP contribution is 2.04. The van der Waals surface area contributed by atoms with Gasteiger partial charge in [-0.3, -0.25) is 0 Å². The molecule has 0 amide bonds. The van der Waals surface area contributed by atoms with E-state index in [4.69, 9.17) is 14.9 Å². The summed E-state index contributed by atoms with van der Waals surface area (Å²) >= 11 is 0. The zero-order chi connectivity index (χ0) is 24.5. The van der Waals surface area contributed by atoms with E-state index < -0.39 is 0 Å². The number of aliphatic hydroxyl groups excluding tert-OH is 2. The van der Waals surface area contributed by atoms with Crippen LogP contribution in [0, 0.1) is 0 Å². The quantitative estimate of drug-likeness (QED) is 0.293. The molecule has 0 bridgehead atoms. The Hall–Kier alpha value is -1.68. The van der Waals surface area contributed by atoms with Crippen LogP contribution in [0.15, 0.2) is 78.9 Å². The molecule has 0 atom stereocenters. The molecule has 0 fully saturated rings. The Morgan fingerprint density at radius 3 is 1.07 bits per heavy atom. The van der Waals surface area contributed by atoms with Gasteiger partial charge in [0.15, 0.2) is 0 Å². The highest BCUT2D eigenvalue weighted by Gasteiger charge is 1.89. The first-order chi connectivity index (χ1) is 13.8. The van der Waals surface area contributed by atoms with Gasteiger partial charge in [-0.05, 0) is 12.8 Å². The largest absolute Gasteiger partial charge is 0.394 e. The molecule has 0 aliphatic heterocycles. The van der Waals surface area contributed by atoms with Gasteiger partial charge in [-0.15, -0.1) is 78.9 Å². The molecule has 0 aromatic heterocycles. The van der Waals surface area contributed by atoms with E-state index in [9.17, 15) is 0 Å². The highest BCUT2D eigenvalue weighted by atomic mass is 16.5. The van der Waals surface area contributed by atoms with E-state index in [0.717, 1.165) is 19.6 Å². The molecule has 172 valence electrons. The predicted octanol–water partition coefficient (Wildman–Crippen LogP) is 7.56. The number of rotatable bonds is 10. The van der Waals surface area contributed by atoms with Crippen LogP contribution >= 0.6 is 0 Å². The minimum Gasteiger partial charge on any atom is -0.394 e. The van der Waals surface area contributed by atoms with Gasteiger partial charge in [0.2, 0.25) is 0 Å². The zero-order valence-electron chi connectivity index (χ0n) is 19.6. The highest BCUT2D eigenvalue weighted by molar-refractivity contribution is 4.43. The normalized spacial score (nSPS) is 6.43. The zero-order valence-corrected chi connectivity index (χ0v) is 19.6. The lowest BCUT2D eigenvalue weighted by Crippen LogP contribution is -1.95. The lowest BCUT2D eigenvalue weighted by molar-refractivity contribution is 0.130. The van der Waals surface area contributed by atoms with Gasteiger partial charge in [0.1, 0.15) is 0 Å². The van der Waals surface area contributed by atoms with Gasteiger partial charge < -0.3 is 14.9 Å². The van der Waals surface area contributed by atoms with Crippen LogP contribution in [0.5, 0.6) is 0 Å². The van der Waals surface area contributed by atoms with Gasteiger partial charge in [-0.1, -0.05) is 46.0 Å². The van der Waals surface area contributed by atoms with Gasteiger partial charge in [-0.25, -0.2) is 0 Å². The monoisotopic (exact) mass is 402 g/mol. The Morgan fingerprint density at radius 1 is 0.464 bits per heavy atom. The first kappa shape index (κ1) is 50.3. The second-order valence-electron chi connectivity index (χ2n) is 3.83. The lowest BCUT2D eigenvalue weighted by atomic mass is 10.1. The van der Waals surface area contributed by atoms with E-state index in [0.29, 0.717) is 0 Å². The Bertz CT molecular complexity index is 136. The lowest BCUT2D eigenvalue weighted by Gasteiger charge is -2.01. The van der Waals surface area contributed by atoms with Gasteiger partial charge in [0, 0.05) is 13.2 Å². The molecule has 0 unspecified atom stereocenters. The average molecular weight is 403 g/mol. The molecule has 3 heteroatoms. The third kappa shape index (κ3) is 191. The summed E-state index contributed by atoms with van der Waals surface area (Å²) in [7, 11) is 0. The number of hydrogen-bond donors (Lipinski definition) is 2. The van der Waals surface area contributed by atoms with Gasteiger partial charge >= 0.3 is 0 Å². The van der Waals surface area contributed by atoms with E-state index in [1.807, 2.05) is 0 Å². The van der Waals surface area contributed by atoms with Crippen molar-refractivity contribution < 1.29 is 14.9 Å². The second-order valence-corrected chi connectivity index (χ2v) is 3.83. The van der Waals surface area contributed by atoms with Crippen LogP contribution in [0.3, 0.4) is 0 Å². The smallest absolute Gasteiger partial charge is 0.0662 e. The van der Waals surface area contributed by atoms with Gasteiger partial charge in [0.05, 0.1) is 13.2 Å². The van der Waals surface area contributed by atoms with Crippen molar-refractivity contribution in [1.29, 1.82) is 0 Å².